The summed E-state index contributed by atoms with van der Waals surface area (Å²) in [7, 11) is 1.77. The molecule has 1 aromatic heterocycles. The summed E-state index contributed by atoms with van der Waals surface area (Å²) in [6, 6.07) is 5.18. The summed E-state index contributed by atoms with van der Waals surface area (Å²) in [5.41, 5.74) is 0.776. The number of hydrogen-bond acceptors (Lipinski definition) is 3. The van der Waals surface area contributed by atoms with Gasteiger partial charge in [0.05, 0.1) is 23.4 Å². The van der Waals surface area contributed by atoms with Gasteiger partial charge in [0, 0.05) is 30.5 Å². The van der Waals surface area contributed by atoms with Crippen LogP contribution < -0.4 is 5.32 Å². The summed E-state index contributed by atoms with van der Waals surface area (Å²) >= 11 is 0. The topological polar surface area (TPSA) is 53.6 Å². The fourth-order valence-electron chi connectivity index (χ4n) is 1.91. The van der Waals surface area contributed by atoms with Crippen LogP contribution in [0.2, 0.25) is 0 Å². The molecule has 1 aromatic carbocycles. The first-order valence-electron chi connectivity index (χ1n) is 6.15. The molecular weight excluding hydrogens is 281 g/mol. The number of halogens is 3. The molecule has 2 rings (SSSR count). The standard InChI is InChI=1S/C14H13F3N4/c1-9-11(8-20-21(9)2)7-19-13-4-3-10(6-18)5-12(13)14(15,16)17/h3-5,8,19H,7H2,1-2H3. The number of nitrogens with one attached hydrogen (secondary N) is 1. The Morgan fingerprint density at radius 2 is 2.10 bits per heavy atom. The predicted molar refractivity (Wildman–Crippen MR) is 71.4 cm³/mol. The predicted octanol–water partition coefficient (Wildman–Crippen LogP) is 3.23. The van der Waals surface area contributed by atoms with Crippen LogP contribution in [0, 0.1) is 18.3 Å². The van der Waals surface area contributed by atoms with Crippen molar-refractivity contribution < 1.29 is 13.2 Å². The minimum atomic E-state index is -4.51. The lowest BCUT2D eigenvalue weighted by molar-refractivity contribution is -0.137. The molecule has 0 spiro atoms. The summed E-state index contributed by atoms with van der Waals surface area (Å²) in [6.07, 6.45) is -2.90. The van der Waals surface area contributed by atoms with E-state index in [2.05, 4.69) is 10.4 Å². The average molecular weight is 294 g/mol. The molecule has 1 N–H and O–H groups in total. The first-order valence-corrected chi connectivity index (χ1v) is 6.15. The molecule has 4 nitrogen and oxygen atoms in total. The van der Waals surface area contributed by atoms with Crippen molar-refractivity contribution in [2.24, 2.45) is 7.05 Å². The second kappa shape index (κ2) is 5.48. The van der Waals surface area contributed by atoms with Crippen molar-refractivity contribution in [2.75, 3.05) is 5.32 Å². The normalized spacial score (nSPS) is 11.2. The molecule has 0 saturated heterocycles. The highest BCUT2D eigenvalue weighted by atomic mass is 19.4. The molecule has 2 aromatic rings. The lowest BCUT2D eigenvalue weighted by Gasteiger charge is -2.14. The summed E-state index contributed by atoms with van der Waals surface area (Å²) in [4.78, 5) is 0. The van der Waals surface area contributed by atoms with Crippen LogP contribution in [0.15, 0.2) is 24.4 Å². The van der Waals surface area contributed by atoms with Gasteiger partial charge in [-0.25, -0.2) is 0 Å². The zero-order valence-electron chi connectivity index (χ0n) is 11.5. The minimum Gasteiger partial charge on any atom is -0.380 e. The average Bonchev–Trinajstić information content (AvgIpc) is 2.75. The van der Waals surface area contributed by atoms with Crippen molar-refractivity contribution in [2.45, 2.75) is 19.6 Å². The Hall–Kier alpha value is -2.49. The van der Waals surface area contributed by atoms with Gasteiger partial charge in [-0.15, -0.1) is 0 Å². The molecule has 0 aliphatic heterocycles. The molecule has 7 heteroatoms. The number of anilines is 1. The van der Waals surface area contributed by atoms with Gasteiger partial charge in [0.15, 0.2) is 0 Å². The Morgan fingerprint density at radius 3 is 2.62 bits per heavy atom. The van der Waals surface area contributed by atoms with Crippen molar-refractivity contribution in [3.8, 4) is 6.07 Å². The van der Waals surface area contributed by atoms with Gasteiger partial charge in [0.1, 0.15) is 0 Å². The van der Waals surface area contributed by atoms with Crippen molar-refractivity contribution >= 4 is 5.69 Å². The van der Waals surface area contributed by atoms with Crippen LogP contribution in [-0.2, 0) is 19.8 Å². The molecule has 0 radical (unpaired) electrons. The quantitative estimate of drug-likeness (QED) is 0.945. The third kappa shape index (κ3) is 3.16. The van der Waals surface area contributed by atoms with E-state index in [0.717, 1.165) is 17.3 Å². The highest BCUT2D eigenvalue weighted by Gasteiger charge is 2.33. The molecular formula is C14H13F3N4. The summed E-state index contributed by atoms with van der Waals surface area (Å²) in [5, 5.41) is 15.5. The fourth-order valence-corrected chi connectivity index (χ4v) is 1.91. The molecule has 21 heavy (non-hydrogen) atoms. The van der Waals surface area contributed by atoms with Gasteiger partial charge < -0.3 is 5.32 Å². The third-order valence-corrected chi connectivity index (χ3v) is 3.26. The van der Waals surface area contributed by atoms with Crippen molar-refractivity contribution in [1.82, 2.24) is 9.78 Å². The van der Waals surface area contributed by atoms with Gasteiger partial charge in [-0.05, 0) is 25.1 Å². The number of hydrogen-bond donors (Lipinski definition) is 1. The van der Waals surface area contributed by atoms with Crippen LogP contribution >= 0.6 is 0 Å². The highest BCUT2D eigenvalue weighted by Crippen LogP contribution is 2.35. The van der Waals surface area contributed by atoms with Gasteiger partial charge in [0.25, 0.3) is 0 Å². The van der Waals surface area contributed by atoms with Crippen molar-refractivity contribution in [3.63, 3.8) is 0 Å². The van der Waals surface area contributed by atoms with Gasteiger partial charge in [-0.2, -0.15) is 23.5 Å². The second-order valence-electron chi connectivity index (χ2n) is 4.60. The van der Waals surface area contributed by atoms with Crippen molar-refractivity contribution in [3.05, 3.63) is 46.8 Å². The van der Waals surface area contributed by atoms with Crippen LogP contribution in [-0.4, -0.2) is 9.78 Å². The molecule has 0 saturated carbocycles. The lowest BCUT2D eigenvalue weighted by atomic mass is 10.1. The van der Waals surface area contributed by atoms with Crippen LogP contribution in [0.25, 0.3) is 0 Å². The number of nitrogens with zero attached hydrogens (tertiary/aromatic N) is 3. The molecule has 0 bridgehead atoms. The summed E-state index contributed by atoms with van der Waals surface area (Å²) in [5.74, 6) is 0. The molecule has 0 atom stereocenters. The van der Waals surface area contributed by atoms with E-state index in [-0.39, 0.29) is 17.8 Å². The maximum Gasteiger partial charge on any atom is 0.418 e. The van der Waals surface area contributed by atoms with Gasteiger partial charge >= 0.3 is 6.18 Å². The Kier molecular flexibility index (Phi) is 3.89. The summed E-state index contributed by atoms with van der Waals surface area (Å²) < 4.78 is 40.7. The fraction of sp³-hybridized carbons (Fsp3) is 0.286. The van der Waals surface area contributed by atoms with E-state index < -0.39 is 11.7 Å². The van der Waals surface area contributed by atoms with E-state index in [1.807, 2.05) is 6.92 Å². The molecule has 0 aliphatic rings. The SMILES string of the molecule is Cc1c(CNc2ccc(C#N)cc2C(F)(F)F)cnn1C. The largest absolute Gasteiger partial charge is 0.418 e. The molecule has 0 aliphatic carbocycles. The Morgan fingerprint density at radius 1 is 1.38 bits per heavy atom. The van der Waals surface area contributed by atoms with E-state index >= 15 is 0 Å². The highest BCUT2D eigenvalue weighted by molar-refractivity contribution is 5.56. The minimum absolute atomic E-state index is 0.0227. The van der Waals surface area contributed by atoms with E-state index in [0.29, 0.717) is 0 Å². The zero-order valence-corrected chi connectivity index (χ0v) is 11.5. The zero-order chi connectivity index (χ0) is 15.6. The van der Waals surface area contributed by atoms with Crippen LogP contribution in [0.4, 0.5) is 18.9 Å². The van der Waals surface area contributed by atoms with Gasteiger partial charge in [0.2, 0.25) is 0 Å². The first-order chi connectivity index (χ1) is 9.82. The van der Waals surface area contributed by atoms with Crippen LogP contribution in [0.3, 0.4) is 0 Å². The number of rotatable bonds is 3. The van der Waals surface area contributed by atoms with E-state index in [9.17, 15) is 13.2 Å². The third-order valence-electron chi connectivity index (χ3n) is 3.26. The monoisotopic (exact) mass is 294 g/mol. The smallest absolute Gasteiger partial charge is 0.380 e. The maximum atomic E-state index is 13.0. The van der Waals surface area contributed by atoms with Gasteiger partial charge in [-0.1, -0.05) is 0 Å². The Balaban J connectivity index is 2.28. The number of aromatic nitrogens is 2. The van der Waals surface area contributed by atoms with Crippen molar-refractivity contribution in [1.29, 1.82) is 5.26 Å². The summed E-state index contributed by atoms with van der Waals surface area (Å²) in [6.45, 7) is 2.07. The Bertz CT molecular complexity index is 695. The second-order valence-corrected chi connectivity index (χ2v) is 4.60. The molecule has 0 amide bonds. The molecule has 0 unspecified atom stereocenters. The molecule has 110 valence electrons. The van der Waals surface area contributed by atoms with E-state index in [1.165, 1.54) is 12.1 Å². The number of alkyl halides is 3. The first kappa shape index (κ1) is 14.9. The van der Waals surface area contributed by atoms with E-state index in [1.54, 1.807) is 24.0 Å². The van der Waals surface area contributed by atoms with Gasteiger partial charge in [-0.3, -0.25) is 4.68 Å². The maximum absolute atomic E-state index is 13.0. The van der Waals surface area contributed by atoms with Crippen LogP contribution in [0.1, 0.15) is 22.4 Å². The number of aryl methyl sites for hydroxylation is 1. The van der Waals surface area contributed by atoms with E-state index in [4.69, 9.17) is 5.26 Å². The molecule has 1 heterocycles. The molecule has 0 fully saturated rings. The number of benzene rings is 1. The number of nitriles is 1. The van der Waals surface area contributed by atoms with Crippen LogP contribution in [0.5, 0.6) is 0 Å². The lowest BCUT2D eigenvalue weighted by Crippen LogP contribution is -2.11. The Labute approximate surface area is 119 Å².